The molecule has 0 aliphatic carbocycles. The molecule has 5 rings (SSSR count). The highest BCUT2D eigenvalue weighted by Gasteiger charge is 2.49. The number of ketones is 1. The van der Waals surface area contributed by atoms with Crippen molar-refractivity contribution in [2.45, 2.75) is 39.3 Å². The zero-order valence-electron chi connectivity index (χ0n) is 18.5. The summed E-state index contributed by atoms with van der Waals surface area (Å²) in [5.41, 5.74) is 2.20. The fourth-order valence-corrected chi connectivity index (χ4v) is 4.50. The lowest BCUT2D eigenvalue weighted by Gasteiger charge is -2.24. The molecule has 1 fully saturated rings. The second-order valence-electron chi connectivity index (χ2n) is 8.56. The molecule has 2 aliphatic rings. The molecule has 3 heterocycles. The standard InChI is InChI=1S/C26H23NO6/c1-13-4-7-19(28)18(10-13)27-23(21-8-5-14(2)32-21)22(25(30)26(27)31)24(29)16-6-9-20-17(12-16)11-15(3)33-20/h4-10,12,15,23,28-29H,11H2,1-3H3/b24-22-. The maximum absolute atomic E-state index is 13.2. The average Bonchev–Trinajstić information content (AvgIpc) is 3.44. The first-order valence-electron chi connectivity index (χ1n) is 10.7. The van der Waals surface area contributed by atoms with Crippen LogP contribution in [0.3, 0.4) is 0 Å². The smallest absolute Gasteiger partial charge is 0.300 e. The van der Waals surface area contributed by atoms with Crippen molar-refractivity contribution in [3.05, 3.63) is 82.3 Å². The van der Waals surface area contributed by atoms with Gasteiger partial charge in [0.25, 0.3) is 11.7 Å². The number of rotatable bonds is 3. The van der Waals surface area contributed by atoms with Crippen LogP contribution in [0.5, 0.6) is 11.5 Å². The highest BCUT2D eigenvalue weighted by molar-refractivity contribution is 6.51. The van der Waals surface area contributed by atoms with Gasteiger partial charge in [-0.2, -0.15) is 0 Å². The van der Waals surface area contributed by atoms with E-state index < -0.39 is 17.7 Å². The van der Waals surface area contributed by atoms with Gasteiger partial charge in [0.05, 0.1) is 11.3 Å². The molecule has 7 nitrogen and oxygen atoms in total. The highest BCUT2D eigenvalue weighted by atomic mass is 16.5. The number of Topliss-reactive ketones (excluding diaryl/α,β-unsaturated/α-hetero) is 1. The van der Waals surface area contributed by atoms with E-state index in [2.05, 4.69) is 0 Å². The molecule has 33 heavy (non-hydrogen) atoms. The summed E-state index contributed by atoms with van der Waals surface area (Å²) in [7, 11) is 0. The molecule has 168 valence electrons. The second kappa shape index (κ2) is 7.55. The Balaban J connectivity index is 1.71. The lowest BCUT2D eigenvalue weighted by atomic mass is 9.97. The number of aromatic hydroxyl groups is 1. The van der Waals surface area contributed by atoms with Crippen LogP contribution in [-0.4, -0.2) is 28.0 Å². The molecule has 2 N–H and O–H groups in total. The van der Waals surface area contributed by atoms with Crippen molar-refractivity contribution in [1.29, 1.82) is 0 Å². The number of anilines is 1. The molecule has 7 heteroatoms. The Labute approximate surface area is 190 Å². The molecule has 0 spiro atoms. The Hall–Kier alpha value is -4.00. The molecule has 1 aromatic heterocycles. The van der Waals surface area contributed by atoms with Crippen molar-refractivity contribution in [2.24, 2.45) is 0 Å². The van der Waals surface area contributed by atoms with Crippen LogP contribution in [0.4, 0.5) is 5.69 Å². The van der Waals surface area contributed by atoms with E-state index in [9.17, 15) is 19.8 Å². The van der Waals surface area contributed by atoms with E-state index in [-0.39, 0.29) is 28.9 Å². The Morgan fingerprint density at radius 3 is 2.58 bits per heavy atom. The van der Waals surface area contributed by atoms with Gasteiger partial charge in [-0.05, 0) is 74.4 Å². The number of hydrogen-bond acceptors (Lipinski definition) is 6. The molecule has 1 amide bonds. The number of carbonyl (C=O) groups is 2. The van der Waals surface area contributed by atoms with Crippen molar-refractivity contribution in [3.8, 4) is 11.5 Å². The number of ether oxygens (including phenoxy) is 1. The number of carbonyl (C=O) groups excluding carboxylic acids is 2. The Morgan fingerprint density at radius 2 is 1.85 bits per heavy atom. The van der Waals surface area contributed by atoms with Crippen LogP contribution in [0.2, 0.25) is 0 Å². The van der Waals surface area contributed by atoms with E-state index in [0.29, 0.717) is 23.5 Å². The minimum Gasteiger partial charge on any atom is -0.507 e. The van der Waals surface area contributed by atoms with Gasteiger partial charge < -0.3 is 19.4 Å². The summed E-state index contributed by atoms with van der Waals surface area (Å²) in [4.78, 5) is 27.6. The van der Waals surface area contributed by atoms with Gasteiger partial charge >= 0.3 is 0 Å². The van der Waals surface area contributed by atoms with E-state index >= 15 is 0 Å². The summed E-state index contributed by atoms with van der Waals surface area (Å²) in [5, 5.41) is 21.8. The number of nitrogens with zero attached hydrogens (tertiary/aromatic N) is 1. The zero-order valence-corrected chi connectivity index (χ0v) is 18.5. The maximum atomic E-state index is 13.2. The van der Waals surface area contributed by atoms with Crippen LogP contribution in [0.15, 0.2) is 58.5 Å². The first kappa shape index (κ1) is 20.9. The largest absolute Gasteiger partial charge is 0.507 e. The first-order chi connectivity index (χ1) is 15.7. The Kier molecular flexibility index (Phi) is 4.78. The number of furan rings is 1. The number of aryl methyl sites for hydroxylation is 2. The summed E-state index contributed by atoms with van der Waals surface area (Å²) >= 11 is 0. The molecular formula is C26H23NO6. The van der Waals surface area contributed by atoms with Crippen LogP contribution in [0, 0.1) is 13.8 Å². The van der Waals surface area contributed by atoms with E-state index in [1.54, 1.807) is 49.4 Å². The van der Waals surface area contributed by atoms with Crippen LogP contribution >= 0.6 is 0 Å². The third-order valence-corrected chi connectivity index (χ3v) is 6.03. The van der Waals surface area contributed by atoms with Gasteiger partial charge in [0.2, 0.25) is 0 Å². The van der Waals surface area contributed by atoms with Gasteiger partial charge in [0.1, 0.15) is 40.9 Å². The number of benzene rings is 2. The van der Waals surface area contributed by atoms with Crippen LogP contribution in [-0.2, 0) is 16.0 Å². The van der Waals surface area contributed by atoms with Gasteiger partial charge in [0, 0.05) is 12.0 Å². The molecule has 0 radical (unpaired) electrons. The number of phenols is 1. The molecule has 2 unspecified atom stereocenters. The number of hydrogen-bond donors (Lipinski definition) is 2. The number of aliphatic hydroxyl groups excluding tert-OH is 1. The summed E-state index contributed by atoms with van der Waals surface area (Å²) in [6.45, 7) is 5.53. The third kappa shape index (κ3) is 3.36. The molecule has 0 bridgehead atoms. The normalized spacial score (nSPS) is 21.4. The van der Waals surface area contributed by atoms with E-state index in [4.69, 9.17) is 9.15 Å². The van der Waals surface area contributed by atoms with E-state index in [1.807, 2.05) is 13.8 Å². The van der Waals surface area contributed by atoms with Gasteiger partial charge in [-0.15, -0.1) is 0 Å². The molecule has 0 saturated carbocycles. The first-order valence-corrected chi connectivity index (χ1v) is 10.7. The summed E-state index contributed by atoms with van der Waals surface area (Å²) in [6, 6.07) is 12.3. The van der Waals surface area contributed by atoms with Gasteiger partial charge in [-0.1, -0.05) is 6.07 Å². The second-order valence-corrected chi connectivity index (χ2v) is 8.56. The van der Waals surface area contributed by atoms with Crippen molar-refractivity contribution >= 4 is 23.1 Å². The van der Waals surface area contributed by atoms with Crippen LogP contribution in [0.25, 0.3) is 5.76 Å². The third-order valence-electron chi connectivity index (χ3n) is 6.03. The van der Waals surface area contributed by atoms with E-state index in [1.165, 1.54) is 11.0 Å². The number of aliphatic hydroxyl groups is 1. The topological polar surface area (TPSA) is 100 Å². The number of fused-ring (bicyclic) bond motifs is 1. The quantitative estimate of drug-likeness (QED) is 0.349. The minimum absolute atomic E-state index is 0.0263. The van der Waals surface area contributed by atoms with Gasteiger partial charge in [-0.3, -0.25) is 14.5 Å². The fraction of sp³-hybridized carbons (Fsp3) is 0.231. The van der Waals surface area contributed by atoms with Crippen molar-refractivity contribution < 1.29 is 29.0 Å². The average molecular weight is 445 g/mol. The molecule has 2 aliphatic heterocycles. The van der Waals surface area contributed by atoms with Crippen molar-refractivity contribution in [1.82, 2.24) is 0 Å². The summed E-state index contributed by atoms with van der Waals surface area (Å²) in [6.07, 6.45) is 0.710. The summed E-state index contributed by atoms with van der Waals surface area (Å²) in [5.74, 6) is -0.515. The van der Waals surface area contributed by atoms with E-state index in [0.717, 1.165) is 16.9 Å². The lowest BCUT2D eigenvalue weighted by Crippen LogP contribution is -2.29. The summed E-state index contributed by atoms with van der Waals surface area (Å²) < 4.78 is 11.5. The SMILES string of the molecule is Cc1ccc(O)c(N2C(=O)C(=O)/C(=C(\O)c3ccc4c(c3)CC(C)O4)C2c2ccc(C)o2)c1. The highest BCUT2D eigenvalue weighted by Crippen LogP contribution is 2.45. The molecule has 2 aromatic carbocycles. The lowest BCUT2D eigenvalue weighted by molar-refractivity contribution is -0.132. The zero-order chi connectivity index (χ0) is 23.4. The van der Waals surface area contributed by atoms with Crippen molar-refractivity contribution in [3.63, 3.8) is 0 Å². The predicted molar refractivity (Wildman–Crippen MR) is 121 cm³/mol. The molecule has 3 aromatic rings. The monoisotopic (exact) mass is 445 g/mol. The molecule has 1 saturated heterocycles. The fourth-order valence-electron chi connectivity index (χ4n) is 4.50. The Morgan fingerprint density at radius 1 is 1.06 bits per heavy atom. The van der Waals surface area contributed by atoms with Gasteiger partial charge in [0.15, 0.2) is 0 Å². The van der Waals surface area contributed by atoms with Gasteiger partial charge in [-0.25, -0.2) is 0 Å². The Bertz CT molecular complexity index is 1330. The molecule has 2 atom stereocenters. The number of amides is 1. The maximum Gasteiger partial charge on any atom is 0.300 e. The van der Waals surface area contributed by atoms with Crippen LogP contribution in [0.1, 0.15) is 41.2 Å². The van der Waals surface area contributed by atoms with Crippen molar-refractivity contribution in [2.75, 3.05) is 4.90 Å². The number of phenolic OH excluding ortho intramolecular Hbond substituents is 1. The minimum atomic E-state index is -1.03. The predicted octanol–water partition coefficient (Wildman–Crippen LogP) is 4.55. The molecular weight excluding hydrogens is 422 g/mol. The van der Waals surface area contributed by atoms with Crippen LogP contribution < -0.4 is 9.64 Å².